The molecule has 13 heteroatoms. The molecular weight excluding hydrogens is 489 g/mol. The van der Waals surface area contributed by atoms with Gasteiger partial charge in [-0.1, -0.05) is 11.6 Å². The zero-order valence-electron chi connectivity index (χ0n) is 18.3. The van der Waals surface area contributed by atoms with Crippen molar-refractivity contribution in [3.05, 3.63) is 65.2 Å². The largest absolute Gasteiger partial charge is 0.497 e. The first kappa shape index (κ1) is 24.2. The highest BCUT2D eigenvalue weighted by Gasteiger charge is 2.43. The summed E-state index contributed by atoms with van der Waals surface area (Å²) < 4.78 is 45.3. The second-order valence-corrected chi connectivity index (χ2v) is 7.93. The molecule has 3 aromatic rings. The number of aromatic carboxylic acids is 1. The summed E-state index contributed by atoms with van der Waals surface area (Å²) in [4.78, 5) is 24.0. The van der Waals surface area contributed by atoms with Gasteiger partial charge in [-0.2, -0.15) is 18.2 Å². The molecule has 0 spiro atoms. The summed E-state index contributed by atoms with van der Waals surface area (Å²) in [5.41, 5.74) is 3.58. The van der Waals surface area contributed by atoms with E-state index in [2.05, 4.69) is 25.7 Å². The molecule has 182 valence electrons. The van der Waals surface area contributed by atoms with Crippen LogP contribution in [0.4, 0.5) is 30.6 Å². The Labute approximate surface area is 202 Å². The van der Waals surface area contributed by atoms with E-state index >= 15 is 0 Å². The number of carboxylic acid groups (broad SMARTS) is 1. The van der Waals surface area contributed by atoms with Crippen molar-refractivity contribution >= 4 is 35.0 Å². The molecule has 1 unspecified atom stereocenters. The molecule has 35 heavy (non-hydrogen) atoms. The zero-order valence-corrected chi connectivity index (χ0v) is 19.0. The van der Waals surface area contributed by atoms with Gasteiger partial charge < -0.3 is 15.2 Å². The van der Waals surface area contributed by atoms with Gasteiger partial charge in [0.05, 0.1) is 12.7 Å². The van der Waals surface area contributed by atoms with E-state index in [0.29, 0.717) is 22.0 Å². The Kier molecular flexibility index (Phi) is 6.50. The number of allylic oxidation sites excluding steroid dienone is 1. The molecule has 1 aliphatic heterocycles. The number of hydrogen-bond donors (Lipinski definition) is 3. The first-order chi connectivity index (χ1) is 16.5. The van der Waals surface area contributed by atoms with Gasteiger partial charge in [-0.3, -0.25) is 9.99 Å². The van der Waals surface area contributed by atoms with E-state index in [1.54, 1.807) is 18.2 Å². The SMILES string of the molecule is COc1cc(Cl)cc(Nc2ncc(-c3cncc(C(=O)O)c3)c(N3NC(C(F)(F)F)C=C3C)n2)c1. The first-order valence-electron chi connectivity index (χ1n) is 10.0. The maximum absolute atomic E-state index is 13.4. The van der Waals surface area contributed by atoms with Crippen LogP contribution in [0.2, 0.25) is 5.02 Å². The predicted molar refractivity (Wildman–Crippen MR) is 123 cm³/mol. The van der Waals surface area contributed by atoms with E-state index in [0.717, 1.165) is 12.3 Å². The third-order valence-electron chi connectivity index (χ3n) is 5.02. The van der Waals surface area contributed by atoms with Crippen molar-refractivity contribution in [2.24, 2.45) is 0 Å². The van der Waals surface area contributed by atoms with Gasteiger partial charge in [-0.15, -0.1) is 0 Å². The number of nitrogens with one attached hydrogen (secondary N) is 2. The van der Waals surface area contributed by atoms with Crippen LogP contribution < -0.4 is 20.5 Å². The summed E-state index contributed by atoms with van der Waals surface area (Å²) in [6, 6.07) is 4.25. The van der Waals surface area contributed by atoms with Gasteiger partial charge in [0, 0.05) is 52.2 Å². The number of methoxy groups -OCH3 is 1. The highest BCUT2D eigenvalue weighted by Crippen LogP contribution is 2.36. The van der Waals surface area contributed by atoms with E-state index in [9.17, 15) is 23.1 Å². The Morgan fingerprint density at radius 3 is 2.66 bits per heavy atom. The Morgan fingerprint density at radius 1 is 1.23 bits per heavy atom. The molecule has 2 aromatic heterocycles. The number of benzene rings is 1. The maximum atomic E-state index is 13.4. The van der Waals surface area contributed by atoms with Crippen LogP contribution in [0, 0.1) is 0 Å². The molecule has 0 aliphatic carbocycles. The summed E-state index contributed by atoms with van der Waals surface area (Å²) in [6.07, 6.45) is 0.387. The number of ether oxygens (including phenoxy) is 1. The minimum atomic E-state index is -4.54. The molecule has 9 nitrogen and oxygen atoms in total. The number of hydrazine groups is 1. The molecule has 0 radical (unpaired) electrons. The minimum Gasteiger partial charge on any atom is -0.497 e. The molecule has 3 N–H and O–H groups in total. The number of carboxylic acids is 1. The Bertz CT molecular complexity index is 1320. The predicted octanol–water partition coefficient (Wildman–Crippen LogP) is 4.80. The number of pyridine rings is 1. The number of alkyl halides is 3. The van der Waals surface area contributed by atoms with Gasteiger partial charge in [0.2, 0.25) is 5.95 Å². The molecule has 3 heterocycles. The fourth-order valence-electron chi connectivity index (χ4n) is 3.38. The average Bonchev–Trinajstić information content (AvgIpc) is 3.20. The van der Waals surface area contributed by atoms with Gasteiger partial charge in [0.25, 0.3) is 0 Å². The van der Waals surface area contributed by atoms with Crippen LogP contribution >= 0.6 is 11.6 Å². The van der Waals surface area contributed by atoms with Gasteiger partial charge in [0.1, 0.15) is 11.8 Å². The Balaban J connectivity index is 1.79. The molecule has 0 amide bonds. The van der Waals surface area contributed by atoms with Crippen molar-refractivity contribution in [2.75, 3.05) is 17.4 Å². The van der Waals surface area contributed by atoms with Crippen LogP contribution in [0.15, 0.2) is 54.6 Å². The quantitative estimate of drug-likeness (QED) is 0.434. The monoisotopic (exact) mass is 506 g/mol. The second kappa shape index (κ2) is 9.39. The summed E-state index contributed by atoms with van der Waals surface area (Å²) in [7, 11) is 1.48. The highest BCUT2D eigenvalue weighted by molar-refractivity contribution is 6.31. The van der Waals surface area contributed by atoms with Crippen LogP contribution in [0.5, 0.6) is 5.75 Å². The van der Waals surface area contributed by atoms with Crippen LogP contribution in [-0.4, -0.2) is 45.4 Å². The smallest absolute Gasteiger partial charge is 0.409 e. The lowest BCUT2D eigenvalue weighted by Gasteiger charge is -2.25. The fourth-order valence-corrected chi connectivity index (χ4v) is 3.61. The molecule has 0 fully saturated rings. The lowest BCUT2D eigenvalue weighted by molar-refractivity contribution is -0.142. The number of hydrogen-bond acceptors (Lipinski definition) is 8. The molecule has 0 saturated heterocycles. The summed E-state index contributed by atoms with van der Waals surface area (Å²) in [5, 5.41) is 13.8. The van der Waals surface area contributed by atoms with E-state index in [-0.39, 0.29) is 28.6 Å². The lowest BCUT2D eigenvalue weighted by Crippen LogP contribution is -2.45. The van der Waals surface area contributed by atoms with E-state index in [1.165, 1.54) is 37.5 Å². The highest BCUT2D eigenvalue weighted by atomic mass is 35.5. The van der Waals surface area contributed by atoms with E-state index in [1.807, 2.05) is 0 Å². The van der Waals surface area contributed by atoms with Crippen LogP contribution in [0.1, 0.15) is 17.3 Å². The molecule has 4 rings (SSSR count). The molecule has 0 saturated carbocycles. The van der Waals surface area contributed by atoms with Gasteiger partial charge >= 0.3 is 12.1 Å². The number of anilines is 3. The van der Waals surface area contributed by atoms with Crippen molar-refractivity contribution in [2.45, 2.75) is 19.1 Å². The molecule has 0 bridgehead atoms. The van der Waals surface area contributed by atoms with Crippen molar-refractivity contribution in [3.63, 3.8) is 0 Å². The van der Waals surface area contributed by atoms with Crippen molar-refractivity contribution in [3.8, 4) is 16.9 Å². The first-order valence-corrected chi connectivity index (χ1v) is 10.4. The zero-order chi connectivity index (χ0) is 25.3. The van der Waals surface area contributed by atoms with Crippen LogP contribution in [-0.2, 0) is 0 Å². The minimum absolute atomic E-state index is 0.0560. The number of rotatable bonds is 6. The molecule has 1 atom stereocenters. The topological polar surface area (TPSA) is 112 Å². The number of aromatic nitrogens is 3. The Hall–Kier alpha value is -3.90. The normalized spacial score (nSPS) is 15.7. The number of carbonyl (C=O) groups is 1. The van der Waals surface area contributed by atoms with Crippen molar-refractivity contribution in [1.82, 2.24) is 20.4 Å². The van der Waals surface area contributed by atoms with Gasteiger partial charge in [-0.05, 0) is 31.2 Å². The van der Waals surface area contributed by atoms with Crippen molar-refractivity contribution in [1.29, 1.82) is 0 Å². The third-order valence-corrected chi connectivity index (χ3v) is 5.24. The molecule has 1 aromatic carbocycles. The van der Waals surface area contributed by atoms with Crippen molar-refractivity contribution < 1.29 is 27.8 Å². The fraction of sp³-hybridized carbons (Fsp3) is 0.182. The summed E-state index contributed by atoms with van der Waals surface area (Å²) in [5.74, 6) is -0.620. The number of halogens is 4. The van der Waals surface area contributed by atoms with E-state index in [4.69, 9.17) is 16.3 Å². The third kappa shape index (κ3) is 5.28. The molecular formula is C22H18ClF3N6O3. The van der Waals surface area contributed by atoms with E-state index < -0.39 is 18.2 Å². The van der Waals surface area contributed by atoms with Crippen LogP contribution in [0.25, 0.3) is 11.1 Å². The lowest BCUT2D eigenvalue weighted by atomic mass is 10.1. The second-order valence-electron chi connectivity index (χ2n) is 7.49. The van der Waals surface area contributed by atoms with Gasteiger partial charge in [0.15, 0.2) is 5.82 Å². The Morgan fingerprint density at radius 2 is 2.00 bits per heavy atom. The molecule has 1 aliphatic rings. The maximum Gasteiger partial charge on any atom is 0.409 e. The van der Waals surface area contributed by atoms with Gasteiger partial charge in [-0.25, -0.2) is 15.2 Å². The average molecular weight is 507 g/mol. The van der Waals surface area contributed by atoms with Crippen LogP contribution in [0.3, 0.4) is 0 Å². The standard InChI is InChI=1S/C22H18ClF3N6O3/c1-11-3-18(22(24,25)26)31-32(11)19-17(12-4-13(20(33)34)9-27-8-12)10-28-21(30-19)29-15-5-14(23)6-16(7-15)35-2/h3-10,18,31H,1-2H3,(H,33,34)(H,28,29,30). The number of nitrogens with zero attached hydrogens (tertiary/aromatic N) is 4. The summed E-state index contributed by atoms with van der Waals surface area (Å²) in [6.45, 7) is 1.49. The summed E-state index contributed by atoms with van der Waals surface area (Å²) >= 11 is 6.11.